The minimum atomic E-state index is -0.964. The molecule has 0 aliphatic heterocycles. The van der Waals surface area contributed by atoms with Crippen molar-refractivity contribution in [2.24, 2.45) is 0 Å². The maximum absolute atomic E-state index is 11.5. The van der Waals surface area contributed by atoms with E-state index >= 15 is 0 Å². The molecule has 2 rings (SSSR count). The fraction of sp³-hybridized carbons (Fsp3) is 0.400. The van der Waals surface area contributed by atoms with Crippen molar-refractivity contribution < 1.29 is 28.8 Å². The van der Waals surface area contributed by atoms with E-state index in [-0.39, 0.29) is 5.92 Å². The number of carboxylic acids is 1. The van der Waals surface area contributed by atoms with Gasteiger partial charge in [0, 0.05) is 26.1 Å². The zero-order valence-electron chi connectivity index (χ0n) is 18.8. The van der Waals surface area contributed by atoms with E-state index in [0.717, 1.165) is 20.6 Å². The topological polar surface area (TPSA) is 74.2 Å². The summed E-state index contributed by atoms with van der Waals surface area (Å²) in [7, 11) is 3.26. The average molecular weight is 552 g/mol. The van der Waals surface area contributed by atoms with Gasteiger partial charge in [-0.25, -0.2) is 4.79 Å². The highest BCUT2D eigenvalue weighted by atomic mass is 127. The summed E-state index contributed by atoms with van der Waals surface area (Å²) < 4.78 is 23.0. The van der Waals surface area contributed by atoms with Crippen molar-refractivity contribution in [3.8, 4) is 17.6 Å². The first-order valence-corrected chi connectivity index (χ1v) is 11.4. The Kier molecular flexibility index (Phi) is 10.3. The van der Waals surface area contributed by atoms with Crippen LogP contribution in [-0.2, 0) is 19.0 Å². The van der Waals surface area contributed by atoms with E-state index in [1.165, 1.54) is 0 Å². The Morgan fingerprint density at radius 1 is 1.38 bits per heavy atom. The number of carboxylic acid groups (broad SMARTS) is 1. The molecule has 0 saturated heterocycles. The average Bonchev–Trinajstić information content (AvgIpc) is 2.80. The fourth-order valence-electron chi connectivity index (χ4n) is 3.21. The molecule has 0 spiro atoms. The first kappa shape index (κ1) is 26.0. The molecule has 1 N–H and O–H groups in total. The molecule has 7 heteroatoms. The summed E-state index contributed by atoms with van der Waals surface area (Å²) in [4.78, 5) is 11.5. The normalized spacial score (nSPS) is 19.6. The van der Waals surface area contributed by atoms with E-state index in [9.17, 15) is 9.90 Å². The highest BCUT2D eigenvalue weighted by Gasteiger charge is 2.28. The molecule has 0 heterocycles. The maximum Gasteiger partial charge on any atom is 0.333 e. The molecule has 1 aliphatic carbocycles. The van der Waals surface area contributed by atoms with Gasteiger partial charge in [0.2, 0.25) is 0 Å². The van der Waals surface area contributed by atoms with Crippen LogP contribution in [0.1, 0.15) is 31.7 Å². The van der Waals surface area contributed by atoms with E-state index < -0.39 is 17.7 Å². The standard InChI is InChI=1S/C25H29IO6/c1-5-31-23(24(27)28)18(2)19-11-12-22(21(26)16-19)32-15-8-6-7-13-25(30-4)14-9-10-20(17-25)29-3/h6,8-12,14,16,18,23H,5,15,17H2,1-4H3,(H,27,28)/b8-6-. The fourth-order valence-corrected chi connectivity index (χ4v) is 3.91. The number of aliphatic carboxylic acids is 1. The highest BCUT2D eigenvalue weighted by Crippen LogP contribution is 2.29. The van der Waals surface area contributed by atoms with Crippen LogP contribution in [0, 0.1) is 15.4 Å². The number of carbonyl (C=O) groups is 1. The highest BCUT2D eigenvalue weighted by molar-refractivity contribution is 14.1. The van der Waals surface area contributed by atoms with Crippen molar-refractivity contribution >= 4 is 28.6 Å². The molecule has 0 fully saturated rings. The van der Waals surface area contributed by atoms with Gasteiger partial charge >= 0.3 is 5.97 Å². The number of methoxy groups -OCH3 is 2. The third-order valence-electron chi connectivity index (χ3n) is 5.06. The summed E-state index contributed by atoms with van der Waals surface area (Å²) in [5, 5.41) is 9.40. The first-order valence-electron chi connectivity index (χ1n) is 10.3. The van der Waals surface area contributed by atoms with Crippen molar-refractivity contribution in [3.05, 3.63) is 63.5 Å². The first-order chi connectivity index (χ1) is 15.4. The number of allylic oxidation sites excluding steroid dienone is 3. The van der Waals surface area contributed by atoms with E-state index in [1.54, 1.807) is 27.2 Å². The van der Waals surface area contributed by atoms with E-state index in [2.05, 4.69) is 34.4 Å². The van der Waals surface area contributed by atoms with Gasteiger partial charge in [-0.3, -0.25) is 0 Å². The second-order valence-corrected chi connectivity index (χ2v) is 8.30. The Hall–Kier alpha value is -2.28. The maximum atomic E-state index is 11.5. The SMILES string of the molecule is CCOC(C(=O)O)C(C)c1ccc(OC/C=C\C#CC2(OC)C=CC=C(OC)C2)c(I)c1. The molecule has 32 heavy (non-hydrogen) atoms. The van der Waals surface area contributed by atoms with E-state index in [1.807, 2.05) is 49.4 Å². The third kappa shape index (κ3) is 7.12. The van der Waals surface area contributed by atoms with Crippen LogP contribution in [0.2, 0.25) is 0 Å². The summed E-state index contributed by atoms with van der Waals surface area (Å²) in [6.45, 7) is 4.34. The van der Waals surface area contributed by atoms with Crippen molar-refractivity contribution in [1.29, 1.82) is 0 Å². The number of halogens is 1. The molecule has 1 aliphatic rings. The Morgan fingerprint density at radius 3 is 2.78 bits per heavy atom. The van der Waals surface area contributed by atoms with Gasteiger partial charge in [0.25, 0.3) is 0 Å². The molecule has 0 amide bonds. The van der Waals surface area contributed by atoms with Crippen molar-refractivity contribution in [3.63, 3.8) is 0 Å². The van der Waals surface area contributed by atoms with Gasteiger partial charge in [0.1, 0.15) is 12.4 Å². The van der Waals surface area contributed by atoms with Crippen molar-refractivity contribution in [2.45, 2.75) is 37.9 Å². The van der Waals surface area contributed by atoms with Crippen LogP contribution in [0.3, 0.4) is 0 Å². The number of ether oxygens (including phenoxy) is 4. The molecule has 1 aromatic rings. The molecule has 3 atom stereocenters. The Morgan fingerprint density at radius 2 is 2.16 bits per heavy atom. The molecule has 3 unspecified atom stereocenters. The van der Waals surface area contributed by atoms with Crippen molar-refractivity contribution in [2.75, 3.05) is 27.4 Å². The quantitative estimate of drug-likeness (QED) is 0.335. The zero-order chi connectivity index (χ0) is 23.6. The summed E-state index contributed by atoms with van der Waals surface area (Å²) in [6, 6.07) is 5.65. The molecule has 6 nitrogen and oxygen atoms in total. The van der Waals surface area contributed by atoms with Crippen LogP contribution in [0.5, 0.6) is 5.75 Å². The molecular formula is C25H29IO6. The number of benzene rings is 1. The van der Waals surface area contributed by atoms with Crippen LogP contribution < -0.4 is 4.74 Å². The Balaban J connectivity index is 1.96. The number of rotatable bonds is 10. The molecule has 0 aromatic heterocycles. The second kappa shape index (κ2) is 12.7. The Labute approximate surface area is 203 Å². The zero-order valence-corrected chi connectivity index (χ0v) is 20.9. The van der Waals surface area contributed by atoms with Gasteiger partial charge in [0.15, 0.2) is 11.7 Å². The van der Waals surface area contributed by atoms with Gasteiger partial charge in [-0.1, -0.05) is 30.9 Å². The van der Waals surface area contributed by atoms with Gasteiger partial charge < -0.3 is 24.1 Å². The van der Waals surface area contributed by atoms with Gasteiger partial charge in [-0.05, 0) is 71.5 Å². The minimum absolute atomic E-state index is 0.277. The lowest BCUT2D eigenvalue weighted by atomic mass is 9.94. The molecule has 0 saturated carbocycles. The van der Waals surface area contributed by atoms with Crippen LogP contribution in [0.15, 0.2) is 54.3 Å². The lowest BCUT2D eigenvalue weighted by molar-refractivity contribution is -0.151. The van der Waals surface area contributed by atoms with E-state index in [0.29, 0.717) is 19.6 Å². The second-order valence-electron chi connectivity index (χ2n) is 7.14. The molecule has 0 radical (unpaired) electrons. The summed E-state index contributed by atoms with van der Waals surface area (Å²) in [5.74, 6) is 6.44. The largest absolute Gasteiger partial charge is 0.501 e. The molecule has 172 valence electrons. The third-order valence-corrected chi connectivity index (χ3v) is 5.90. The lowest BCUT2D eigenvalue weighted by Crippen LogP contribution is -2.29. The molecular weight excluding hydrogens is 523 g/mol. The summed E-state index contributed by atoms with van der Waals surface area (Å²) >= 11 is 2.18. The predicted molar refractivity (Wildman–Crippen MR) is 132 cm³/mol. The lowest BCUT2D eigenvalue weighted by Gasteiger charge is -2.26. The summed E-state index contributed by atoms with van der Waals surface area (Å²) in [5.41, 5.74) is 0.196. The number of hydrogen-bond acceptors (Lipinski definition) is 5. The molecule has 1 aromatic carbocycles. The molecule has 0 bridgehead atoms. The van der Waals surface area contributed by atoms with Crippen LogP contribution in [-0.4, -0.2) is 50.2 Å². The van der Waals surface area contributed by atoms with E-state index in [4.69, 9.17) is 18.9 Å². The Bertz CT molecular complexity index is 939. The minimum Gasteiger partial charge on any atom is -0.501 e. The van der Waals surface area contributed by atoms with Gasteiger partial charge in [0.05, 0.1) is 16.4 Å². The van der Waals surface area contributed by atoms with Crippen molar-refractivity contribution in [1.82, 2.24) is 0 Å². The van der Waals surface area contributed by atoms with Crippen LogP contribution >= 0.6 is 22.6 Å². The monoisotopic (exact) mass is 552 g/mol. The van der Waals surface area contributed by atoms with Gasteiger partial charge in [-0.2, -0.15) is 0 Å². The van der Waals surface area contributed by atoms with Gasteiger partial charge in [-0.15, -0.1) is 0 Å². The number of hydrogen-bond donors (Lipinski definition) is 1. The van der Waals surface area contributed by atoms with Crippen LogP contribution in [0.25, 0.3) is 0 Å². The predicted octanol–water partition coefficient (Wildman–Crippen LogP) is 4.70. The van der Waals surface area contributed by atoms with Crippen LogP contribution in [0.4, 0.5) is 0 Å². The smallest absolute Gasteiger partial charge is 0.333 e. The summed E-state index contributed by atoms with van der Waals surface area (Å²) in [6.07, 6.45) is 8.94.